The number of hydrogen-bond acceptors (Lipinski definition) is 0. The first-order valence-corrected chi connectivity index (χ1v) is 5.99. The summed E-state index contributed by atoms with van der Waals surface area (Å²) in [5.74, 6) is 4.03. The Morgan fingerprint density at radius 1 is 0.923 bits per heavy atom. The second-order valence-corrected chi connectivity index (χ2v) is 6.42. The lowest BCUT2D eigenvalue weighted by Gasteiger charge is -2.32. The summed E-state index contributed by atoms with van der Waals surface area (Å²) in [6.45, 7) is 9.89. The fourth-order valence-corrected chi connectivity index (χ4v) is 3.75. The molecule has 0 heterocycles. The van der Waals surface area contributed by atoms with Crippen LogP contribution in [0.25, 0.3) is 0 Å². The molecule has 4 unspecified atom stereocenters. The molecule has 0 amide bonds. The van der Waals surface area contributed by atoms with Gasteiger partial charge in [-0.3, -0.25) is 0 Å². The Bertz CT molecular complexity index is 190. The molecule has 0 N–H and O–H groups in total. The Hall–Kier alpha value is 0. The van der Waals surface area contributed by atoms with Gasteiger partial charge in [0.05, 0.1) is 0 Å². The minimum Gasteiger partial charge on any atom is -0.0622 e. The molecule has 0 heteroatoms. The van der Waals surface area contributed by atoms with E-state index in [1.807, 2.05) is 0 Å². The van der Waals surface area contributed by atoms with E-state index in [1.165, 1.54) is 25.7 Å². The van der Waals surface area contributed by atoms with Crippen LogP contribution in [-0.4, -0.2) is 0 Å². The highest BCUT2D eigenvalue weighted by Crippen LogP contribution is 2.53. The largest absolute Gasteiger partial charge is 0.0622 e. The molecule has 13 heavy (non-hydrogen) atoms. The van der Waals surface area contributed by atoms with Crippen molar-refractivity contribution in [3.05, 3.63) is 0 Å². The van der Waals surface area contributed by atoms with Crippen LogP contribution >= 0.6 is 0 Å². The zero-order valence-electron chi connectivity index (χ0n) is 9.64. The van der Waals surface area contributed by atoms with Crippen LogP contribution in [0.15, 0.2) is 0 Å². The molecule has 0 radical (unpaired) electrons. The molecule has 0 spiro atoms. The molecule has 2 aliphatic rings. The van der Waals surface area contributed by atoms with E-state index in [1.54, 1.807) is 0 Å². The van der Waals surface area contributed by atoms with Crippen LogP contribution in [-0.2, 0) is 0 Å². The van der Waals surface area contributed by atoms with Gasteiger partial charge in [-0.15, -0.1) is 0 Å². The van der Waals surface area contributed by atoms with E-state index in [9.17, 15) is 0 Å². The van der Waals surface area contributed by atoms with Gasteiger partial charge in [0.2, 0.25) is 0 Å². The van der Waals surface area contributed by atoms with Crippen molar-refractivity contribution in [1.29, 1.82) is 0 Å². The maximum absolute atomic E-state index is 2.49. The molecule has 0 aliphatic heterocycles. The van der Waals surface area contributed by atoms with E-state index in [2.05, 4.69) is 27.7 Å². The van der Waals surface area contributed by atoms with Gasteiger partial charge in [0.15, 0.2) is 0 Å². The molecule has 2 bridgehead atoms. The van der Waals surface area contributed by atoms with Gasteiger partial charge < -0.3 is 0 Å². The van der Waals surface area contributed by atoms with Crippen molar-refractivity contribution in [1.82, 2.24) is 0 Å². The topological polar surface area (TPSA) is 0 Å². The van der Waals surface area contributed by atoms with Gasteiger partial charge in [0.25, 0.3) is 0 Å². The highest BCUT2D eigenvalue weighted by atomic mass is 14.5. The Morgan fingerprint density at radius 2 is 1.54 bits per heavy atom. The van der Waals surface area contributed by atoms with Crippen molar-refractivity contribution < 1.29 is 0 Å². The molecular weight excluding hydrogens is 156 g/mol. The van der Waals surface area contributed by atoms with Crippen molar-refractivity contribution in [3.8, 4) is 0 Å². The summed E-state index contributed by atoms with van der Waals surface area (Å²) in [6.07, 6.45) is 6.02. The average Bonchev–Trinajstić information content (AvgIpc) is 2.16. The summed E-state index contributed by atoms with van der Waals surface area (Å²) in [5, 5.41) is 0. The summed E-state index contributed by atoms with van der Waals surface area (Å²) in [6, 6.07) is 0. The zero-order valence-corrected chi connectivity index (χ0v) is 9.64. The molecule has 4 atom stereocenters. The van der Waals surface area contributed by atoms with Crippen LogP contribution in [0.1, 0.15) is 53.4 Å². The smallest absolute Gasteiger partial charge is 0.0323 e. The van der Waals surface area contributed by atoms with Gasteiger partial charge in [0, 0.05) is 0 Å². The maximum atomic E-state index is 2.49. The lowest BCUT2D eigenvalue weighted by molar-refractivity contribution is 0.179. The first-order chi connectivity index (χ1) is 5.99. The first kappa shape index (κ1) is 9.55. The third-order valence-electron chi connectivity index (χ3n) is 4.87. The quantitative estimate of drug-likeness (QED) is 0.526. The van der Waals surface area contributed by atoms with E-state index in [-0.39, 0.29) is 0 Å². The Morgan fingerprint density at radius 3 is 2.23 bits per heavy atom. The van der Waals surface area contributed by atoms with Gasteiger partial charge in [-0.25, -0.2) is 0 Å². The summed E-state index contributed by atoms with van der Waals surface area (Å²) in [7, 11) is 0. The molecule has 0 aromatic rings. The van der Waals surface area contributed by atoms with Crippen molar-refractivity contribution in [2.24, 2.45) is 29.1 Å². The third kappa shape index (κ3) is 1.65. The van der Waals surface area contributed by atoms with Crippen molar-refractivity contribution in [2.45, 2.75) is 53.4 Å². The van der Waals surface area contributed by atoms with Crippen LogP contribution in [0.2, 0.25) is 0 Å². The Kier molecular flexibility index (Phi) is 2.20. The van der Waals surface area contributed by atoms with Crippen molar-refractivity contribution >= 4 is 0 Å². The van der Waals surface area contributed by atoms with Crippen molar-refractivity contribution in [3.63, 3.8) is 0 Å². The first-order valence-electron chi connectivity index (χ1n) is 5.99. The molecule has 2 aliphatic carbocycles. The van der Waals surface area contributed by atoms with E-state index >= 15 is 0 Å². The SMILES string of the molecule is CC1CC2CC(CC1C)C(C)(C)C2. The summed E-state index contributed by atoms with van der Waals surface area (Å²) in [4.78, 5) is 0. The van der Waals surface area contributed by atoms with Gasteiger partial charge in [-0.05, 0) is 54.8 Å². The molecule has 2 rings (SSSR count). The van der Waals surface area contributed by atoms with Gasteiger partial charge in [-0.1, -0.05) is 27.7 Å². The fraction of sp³-hybridized carbons (Fsp3) is 1.00. The van der Waals surface area contributed by atoms with Crippen LogP contribution < -0.4 is 0 Å². The molecule has 0 aromatic heterocycles. The zero-order chi connectivity index (χ0) is 9.64. The van der Waals surface area contributed by atoms with Crippen LogP contribution in [0.3, 0.4) is 0 Å². The predicted octanol–water partition coefficient (Wildman–Crippen LogP) is 4.10. The Labute approximate surface area is 83.1 Å². The molecule has 0 saturated heterocycles. The lowest BCUT2D eigenvalue weighted by atomic mass is 9.73. The summed E-state index contributed by atoms with van der Waals surface area (Å²) >= 11 is 0. The standard InChI is InChI=1S/C13H24/c1-9-5-11-7-12(6-10(9)2)13(3,4)8-11/h9-12H,5-8H2,1-4H3. The van der Waals surface area contributed by atoms with Gasteiger partial charge >= 0.3 is 0 Å². The number of hydrogen-bond donors (Lipinski definition) is 0. The van der Waals surface area contributed by atoms with Crippen LogP contribution in [0.5, 0.6) is 0 Å². The third-order valence-corrected chi connectivity index (χ3v) is 4.87. The van der Waals surface area contributed by atoms with Gasteiger partial charge in [-0.2, -0.15) is 0 Å². The minimum absolute atomic E-state index is 0.652. The van der Waals surface area contributed by atoms with E-state index in [4.69, 9.17) is 0 Å². The maximum Gasteiger partial charge on any atom is -0.0323 e. The van der Waals surface area contributed by atoms with Crippen LogP contribution in [0, 0.1) is 29.1 Å². The molecule has 76 valence electrons. The van der Waals surface area contributed by atoms with Crippen molar-refractivity contribution in [2.75, 3.05) is 0 Å². The second kappa shape index (κ2) is 3.00. The molecule has 0 nitrogen and oxygen atoms in total. The van der Waals surface area contributed by atoms with E-state index in [0.29, 0.717) is 5.41 Å². The summed E-state index contributed by atoms with van der Waals surface area (Å²) < 4.78 is 0. The predicted molar refractivity (Wildman–Crippen MR) is 57.6 cm³/mol. The highest BCUT2D eigenvalue weighted by molar-refractivity contribution is 4.94. The molecule has 2 fully saturated rings. The number of rotatable bonds is 0. The normalized spacial score (nSPS) is 48.9. The number of fused-ring (bicyclic) bond motifs is 2. The van der Waals surface area contributed by atoms with E-state index < -0.39 is 0 Å². The second-order valence-electron chi connectivity index (χ2n) is 6.42. The minimum atomic E-state index is 0.652. The molecule has 0 aromatic carbocycles. The highest BCUT2D eigenvalue weighted by Gasteiger charge is 2.43. The average molecular weight is 180 g/mol. The molecule has 2 saturated carbocycles. The lowest BCUT2D eigenvalue weighted by Crippen LogP contribution is -2.23. The fourth-order valence-electron chi connectivity index (χ4n) is 3.75. The van der Waals surface area contributed by atoms with Crippen LogP contribution in [0.4, 0.5) is 0 Å². The summed E-state index contributed by atoms with van der Waals surface area (Å²) in [5.41, 5.74) is 0.652. The monoisotopic (exact) mass is 180 g/mol. The molecular formula is C13H24. The van der Waals surface area contributed by atoms with Gasteiger partial charge in [0.1, 0.15) is 0 Å². The van der Waals surface area contributed by atoms with E-state index in [0.717, 1.165) is 23.7 Å². The Balaban J connectivity index is 2.14.